The van der Waals surface area contributed by atoms with Crippen LogP contribution in [0.25, 0.3) is 0 Å². The van der Waals surface area contributed by atoms with Crippen molar-refractivity contribution in [2.45, 2.75) is 43.2 Å². The number of hydrogen-bond donors (Lipinski definition) is 1. The summed E-state index contributed by atoms with van der Waals surface area (Å²) in [5, 5.41) is 11.3. The van der Waals surface area contributed by atoms with Crippen LogP contribution in [0.5, 0.6) is 0 Å². The van der Waals surface area contributed by atoms with Gasteiger partial charge in [0.2, 0.25) is 5.89 Å². The summed E-state index contributed by atoms with van der Waals surface area (Å²) >= 11 is 1.45. The van der Waals surface area contributed by atoms with Gasteiger partial charge in [0.05, 0.1) is 7.11 Å². The number of methoxy groups -OCH3 is 1. The molecule has 0 aliphatic rings. The maximum absolute atomic E-state index is 11.7. The van der Waals surface area contributed by atoms with E-state index in [0.717, 1.165) is 0 Å². The maximum Gasteiger partial charge on any atom is 0.325 e. The number of aryl methyl sites for hydroxylation is 1. The van der Waals surface area contributed by atoms with Crippen molar-refractivity contribution in [1.82, 2.24) is 15.5 Å². The number of thioether (sulfide) groups is 1. The summed E-state index contributed by atoms with van der Waals surface area (Å²) in [5.74, 6) is 0.258. The van der Waals surface area contributed by atoms with Gasteiger partial charge in [-0.15, -0.1) is 10.2 Å². The molecule has 0 amide bonds. The van der Waals surface area contributed by atoms with E-state index in [-0.39, 0.29) is 11.2 Å². The highest BCUT2D eigenvalue weighted by Gasteiger charge is 2.34. The van der Waals surface area contributed by atoms with E-state index >= 15 is 0 Å². The Morgan fingerprint density at radius 3 is 2.72 bits per heavy atom. The zero-order chi connectivity index (χ0) is 13.8. The molecule has 1 heterocycles. The fourth-order valence-corrected chi connectivity index (χ4v) is 2.65. The number of esters is 1. The highest BCUT2D eigenvalue weighted by atomic mass is 32.2. The molecule has 1 rings (SSSR count). The molecule has 1 aromatic heterocycles. The van der Waals surface area contributed by atoms with Gasteiger partial charge >= 0.3 is 5.97 Å². The fraction of sp³-hybridized carbons (Fsp3) is 0.727. The van der Waals surface area contributed by atoms with E-state index < -0.39 is 5.54 Å². The van der Waals surface area contributed by atoms with E-state index in [1.807, 2.05) is 13.8 Å². The summed E-state index contributed by atoms with van der Waals surface area (Å²) in [6.07, 6.45) is 0.599. The van der Waals surface area contributed by atoms with E-state index in [2.05, 4.69) is 15.5 Å². The third kappa shape index (κ3) is 3.71. The van der Waals surface area contributed by atoms with Crippen LogP contribution in [0.1, 0.15) is 26.2 Å². The number of likely N-dealkylation sites (N-methyl/N-ethyl adjacent to an activating group) is 1. The van der Waals surface area contributed by atoms with Crippen molar-refractivity contribution in [2.24, 2.45) is 0 Å². The number of hydrogen-bond acceptors (Lipinski definition) is 7. The van der Waals surface area contributed by atoms with Crippen LogP contribution >= 0.6 is 11.8 Å². The standard InChI is InChI=1S/C11H19N3O3S/c1-7(18-10-14-13-8(2)17-10)6-11(3,12-4)9(15)16-5/h7,12H,6H2,1-5H3. The highest BCUT2D eigenvalue weighted by molar-refractivity contribution is 7.99. The minimum Gasteiger partial charge on any atom is -0.468 e. The number of aromatic nitrogens is 2. The quantitative estimate of drug-likeness (QED) is 0.620. The number of carbonyl (C=O) groups is 1. The van der Waals surface area contributed by atoms with Gasteiger partial charge in [0.25, 0.3) is 5.22 Å². The van der Waals surface area contributed by atoms with Gasteiger partial charge in [-0.1, -0.05) is 18.7 Å². The first-order valence-corrected chi connectivity index (χ1v) is 6.53. The Morgan fingerprint density at radius 1 is 1.61 bits per heavy atom. The van der Waals surface area contributed by atoms with Crippen LogP contribution in [0.2, 0.25) is 0 Å². The summed E-state index contributed by atoms with van der Waals surface area (Å²) < 4.78 is 10.1. The first-order chi connectivity index (χ1) is 8.41. The Morgan fingerprint density at radius 2 is 2.28 bits per heavy atom. The first kappa shape index (κ1) is 15.0. The Hall–Kier alpha value is -1.08. The molecule has 0 saturated heterocycles. The number of carbonyl (C=O) groups excluding carboxylic acids is 1. The molecule has 0 fully saturated rings. The lowest BCUT2D eigenvalue weighted by Crippen LogP contribution is -2.49. The summed E-state index contributed by atoms with van der Waals surface area (Å²) in [5.41, 5.74) is -0.712. The molecule has 2 atom stereocenters. The van der Waals surface area contributed by atoms with Crippen LogP contribution in [0.15, 0.2) is 9.64 Å². The van der Waals surface area contributed by atoms with Crippen molar-refractivity contribution in [3.05, 3.63) is 5.89 Å². The predicted molar refractivity (Wildman–Crippen MR) is 68.5 cm³/mol. The number of nitrogens with one attached hydrogen (secondary N) is 1. The average molecular weight is 273 g/mol. The molecular formula is C11H19N3O3S. The summed E-state index contributed by atoms with van der Waals surface area (Å²) in [7, 11) is 3.13. The first-order valence-electron chi connectivity index (χ1n) is 5.65. The van der Waals surface area contributed by atoms with Crippen molar-refractivity contribution < 1.29 is 13.9 Å². The zero-order valence-corrected chi connectivity index (χ0v) is 12.1. The number of nitrogens with zero attached hydrogens (tertiary/aromatic N) is 2. The second-order valence-electron chi connectivity index (χ2n) is 4.29. The summed E-state index contributed by atoms with van der Waals surface area (Å²) in [6, 6.07) is 0. The Bertz CT molecular complexity index is 410. The third-order valence-corrected chi connectivity index (χ3v) is 3.63. The van der Waals surface area contributed by atoms with Crippen molar-refractivity contribution in [2.75, 3.05) is 14.2 Å². The fourth-order valence-electron chi connectivity index (χ4n) is 1.63. The van der Waals surface area contributed by atoms with Crippen molar-refractivity contribution in [1.29, 1.82) is 0 Å². The molecule has 0 aromatic carbocycles. The van der Waals surface area contributed by atoms with Crippen LogP contribution in [0.3, 0.4) is 0 Å². The van der Waals surface area contributed by atoms with Gasteiger partial charge in [-0.05, 0) is 20.4 Å². The maximum atomic E-state index is 11.7. The van der Waals surface area contributed by atoms with Gasteiger partial charge < -0.3 is 14.5 Å². The molecule has 102 valence electrons. The minimum absolute atomic E-state index is 0.140. The molecule has 7 heteroatoms. The molecule has 18 heavy (non-hydrogen) atoms. The van der Waals surface area contributed by atoms with Crippen LogP contribution < -0.4 is 5.32 Å². The van der Waals surface area contributed by atoms with Gasteiger partial charge in [0, 0.05) is 12.2 Å². The number of ether oxygens (including phenoxy) is 1. The van der Waals surface area contributed by atoms with Gasteiger partial charge in [-0.3, -0.25) is 4.79 Å². The second-order valence-corrected chi connectivity index (χ2v) is 5.68. The van der Waals surface area contributed by atoms with E-state index in [1.54, 1.807) is 14.0 Å². The highest BCUT2D eigenvalue weighted by Crippen LogP contribution is 2.28. The summed E-state index contributed by atoms with van der Waals surface area (Å²) in [6.45, 7) is 5.56. The van der Waals surface area contributed by atoms with Crippen LogP contribution in [0.4, 0.5) is 0 Å². The molecule has 0 radical (unpaired) electrons. The smallest absolute Gasteiger partial charge is 0.325 e. The molecule has 0 saturated carbocycles. The lowest BCUT2D eigenvalue weighted by Gasteiger charge is -2.28. The van der Waals surface area contributed by atoms with Crippen LogP contribution in [-0.4, -0.2) is 41.1 Å². The van der Waals surface area contributed by atoms with E-state index in [0.29, 0.717) is 17.5 Å². The third-order valence-electron chi connectivity index (χ3n) is 2.69. The topological polar surface area (TPSA) is 77.3 Å². The molecule has 1 N–H and O–H groups in total. The molecule has 2 unspecified atom stereocenters. The lowest BCUT2D eigenvalue weighted by molar-refractivity contribution is -0.147. The van der Waals surface area contributed by atoms with E-state index in [1.165, 1.54) is 18.9 Å². The van der Waals surface area contributed by atoms with Crippen LogP contribution in [0, 0.1) is 6.92 Å². The zero-order valence-electron chi connectivity index (χ0n) is 11.3. The van der Waals surface area contributed by atoms with Gasteiger partial charge in [-0.25, -0.2) is 0 Å². The molecular weight excluding hydrogens is 254 g/mol. The largest absolute Gasteiger partial charge is 0.468 e. The normalized spacial score (nSPS) is 16.1. The predicted octanol–water partition coefficient (Wildman–Crippen LogP) is 1.40. The molecule has 0 bridgehead atoms. The van der Waals surface area contributed by atoms with Gasteiger partial charge in [-0.2, -0.15) is 0 Å². The van der Waals surface area contributed by atoms with Gasteiger partial charge in [0.15, 0.2) is 0 Å². The van der Waals surface area contributed by atoms with Crippen molar-refractivity contribution in [3.8, 4) is 0 Å². The molecule has 6 nitrogen and oxygen atoms in total. The summed E-state index contributed by atoms with van der Waals surface area (Å²) in [4.78, 5) is 11.7. The van der Waals surface area contributed by atoms with Crippen molar-refractivity contribution >= 4 is 17.7 Å². The Kier molecular flexibility index (Phi) is 5.15. The molecule has 0 aliphatic carbocycles. The molecule has 0 aliphatic heterocycles. The average Bonchev–Trinajstić information content (AvgIpc) is 2.73. The minimum atomic E-state index is -0.712. The second kappa shape index (κ2) is 6.19. The van der Waals surface area contributed by atoms with Gasteiger partial charge in [0.1, 0.15) is 5.54 Å². The van der Waals surface area contributed by atoms with E-state index in [9.17, 15) is 4.79 Å². The molecule has 1 aromatic rings. The lowest BCUT2D eigenvalue weighted by atomic mass is 9.96. The van der Waals surface area contributed by atoms with Crippen molar-refractivity contribution in [3.63, 3.8) is 0 Å². The van der Waals surface area contributed by atoms with Crippen LogP contribution in [-0.2, 0) is 9.53 Å². The number of rotatable bonds is 6. The SMILES string of the molecule is CNC(C)(CC(C)Sc1nnc(C)o1)C(=O)OC. The Balaban J connectivity index is 2.62. The monoisotopic (exact) mass is 273 g/mol. The van der Waals surface area contributed by atoms with E-state index in [4.69, 9.17) is 9.15 Å². The molecule has 0 spiro atoms. The Labute approximate surface area is 111 Å².